The van der Waals surface area contributed by atoms with Crippen molar-refractivity contribution in [3.63, 3.8) is 0 Å². The molecule has 0 fully saturated rings. The zero-order valence-corrected chi connectivity index (χ0v) is 12.2. The molecule has 0 spiro atoms. The number of thiazole rings is 1. The van der Waals surface area contributed by atoms with Crippen molar-refractivity contribution in [3.05, 3.63) is 46.4 Å². The van der Waals surface area contributed by atoms with Gasteiger partial charge in [-0.3, -0.25) is 0 Å². The van der Waals surface area contributed by atoms with Gasteiger partial charge in [0.2, 0.25) is 0 Å². The standard InChI is InChI=1S/C15H20N2OS/c1-3-9-16-14(15-17-10-11-19-15)12-5-7-13(8-6-12)18-4-2/h5-8,10-11,14,16H,3-4,9H2,1-2H3. The van der Waals surface area contributed by atoms with Gasteiger partial charge < -0.3 is 10.1 Å². The van der Waals surface area contributed by atoms with Crippen molar-refractivity contribution in [1.29, 1.82) is 0 Å². The molecule has 0 saturated carbocycles. The van der Waals surface area contributed by atoms with Crippen LogP contribution in [-0.4, -0.2) is 18.1 Å². The van der Waals surface area contributed by atoms with Gasteiger partial charge in [0, 0.05) is 11.6 Å². The van der Waals surface area contributed by atoms with Crippen LogP contribution in [0.5, 0.6) is 5.75 Å². The summed E-state index contributed by atoms with van der Waals surface area (Å²) >= 11 is 1.69. The highest BCUT2D eigenvalue weighted by Crippen LogP contribution is 2.25. The third-order valence-corrected chi connectivity index (χ3v) is 3.66. The molecule has 0 bridgehead atoms. The molecule has 1 aromatic heterocycles. The van der Waals surface area contributed by atoms with E-state index >= 15 is 0 Å². The Morgan fingerprint density at radius 3 is 2.63 bits per heavy atom. The Hall–Kier alpha value is -1.39. The van der Waals surface area contributed by atoms with Crippen molar-refractivity contribution < 1.29 is 4.74 Å². The van der Waals surface area contributed by atoms with Crippen LogP contribution in [0, 0.1) is 0 Å². The molecule has 1 aromatic carbocycles. The molecule has 19 heavy (non-hydrogen) atoms. The highest BCUT2D eigenvalue weighted by Gasteiger charge is 2.15. The maximum atomic E-state index is 5.48. The smallest absolute Gasteiger partial charge is 0.119 e. The quantitative estimate of drug-likeness (QED) is 0.838. The average molecular weight is 276 g/mol. The number of nitrogens with zero attached hydrogens (tertiary/aromatic N) is 1. The first kappa shape index (κ1) is 14.0. The normalized spacial score (nSPS) is 12.3. The number of hydrogen-bond donors (Lipinski definition) is 1. The van der Waals surface area contributed by atoms with E-state index in [0.29, 0.717) is 6.61 Å². The third-order valence-electron chi connectivity index (χ3n) is 2.82. The summed E-state index contributed by atoms with van der Waals surface area (Å²) in [6.07, 6.45) is 2.97. The Morgan fingerprint density at radius 1 is 1.26 bits per heavy atom. The van der Waals surface area contributed by atoms with Crippen LogP contribution in [0.3, 0.4) is 0 Å². The van der Waals surface area contributed by atoms with E-state index in [1.165, 1.54) is 5.56 Å². The van der Waals surface area contributed by atoms with E-state index in [4.69, 9.17) is 4.74 Å². The van der Waals surface area contributed by atoms with E-state index in [9.17, 15) is 0 Å². The average Bonchev–Trinajstić information content (AvgIpc) is 2.95. The molecule has 0 amide bonds. The maximum Gasteiger partial charge on any atom is 0.119 e. The highest BCUT2D eigenvalue weighted by molar-refractivity contribution is 7.09. The Kier molecular flexibility index (Phi) is 5.36. The van der Waals surface area contributed by atoms with Gasteiger partial charge in [0.25, 0.3) is 0 Å². The zero-order valence-electron chi connectivity index (χ0n) is 11.4. The first-order valence-corrected chi connectivity index (χ1v) is 7.58. The summed E-state index contributed by atoms with van der Waals surface area (Å²) in [5.41, 5.74) is 1.23. The van der Waals surface area contributed by atoms with Crippen LogP contribution < -0.4 is 10.1 Å². The molecule has 0 aliphatic heterocycles. The number of hydrogen-bond acceptors (Lipinski definition) is 4. The van der Waals surface area contributed by atoms with Gasteiger partial charge in [0.05, 0.1) is 12.6 Å². The lowest BCUT2D eigenvalue weighted by atomic mass is 10.1. The molecule has 0 radical (unpaired) electrons. The Morgan fingerprint density at radius 2 is 2.05 bits per heavy atom. The molecule has 0 aliphatic rings. The Balaban J connectivity index is 2.17. The third kappa shape index (κ3) is 3.78. The van der Waals surface area contributed by atoms with Crippen molar-refractivity contribution in [2.45, 2.75) is 26.3 Å². The molecule has 1 atom stereocenters. The number of rotatable bonds is 7. The predicted octanol–water partition coefficient (Wildman–Crippen LogP) is 3.63. The zero-order chi connectivity index (χ0) is 13.5. The van der Waals surface area contributed by atoms with E-state index in [1.54, 1.807) is 11.3 Å². The molecule has 2 rings (SSSR count). The summed E-state index contributed by atoms with van der Waals surface area (Å²) in [5, 5.41) is 6.67. The minimum absolute atomic E-state index is 0.177. The topological polar surface area (TPSA) is 34.1 Å². The van der Waals surface area contributed by atoms with Crippen LogP contribution in [-0.2, 0) is 0 Å². The summed E-state index contributed by atoms with van der Waals surface area (Å²) < 4.78 is 5.48. The summed E-state index contributed by atoms with van der Waals surface area (Å²) in [7, 11) is 0. The lowest BCUT2D eigenvalue weighted by Crippen LogP contribution is -2.23. The molecule has 3 nitrogen and oxygen atoms in total. The van der Waals surface area contributed by atoms with Crippen LogP contribution in [0.25, 0.3) is 0 Å². The van der Waals surface area contributed by atoms with Crippen LogP contribution in [0.4, 0.5) is 0 Å². The largest absolute Gasteiger partial charge is 0.494 e. The fourth-order valence-corrected chi connectivity index (χ4v) is 2.67. The van der Waals surface area contributed by atoms with Crippen LogP contribution >= 0.6 is 11.3 Å². The predicted molar refractivity (Wildman–Crippen MR) is 79.9 cm³/mol. The molecule has 102 valence electrons. The van der Waals surface area contributed by atoms with Crippen LogP contribution in [0.15, 0.2) is 35.8 Å². The number of ether oxygens (including phenoxy) is 1. The van der Waals surface area contributed by atoms with E-state index in [-0.39, 0.29) is 6.04 Å². The van der Waals surface area contributed by atoms with Gasteiger partial charge in [-0.1, -0.05) is 19.1 Å². The fraction of sp³-hybridized carbons (Fsp3) is 0.400. The van der Waals surface area contributed by atoms with Gasteiger partial charge in [0.15, 0.2) is 0 Å². The van der Waals surface area contributed by atoms with Crippen molar-refractivity contribution in [1.82, 2.24) is 10.3 Å². The summed E-state index contributed by atoms with van der Waals surface area (Å²) in [6.45, 7) is 5.85. The van der Waals surface area contributed by atoms with E-state index in [0.717, 1.165) is 23.7 Å². The van der Waals surface area contributed by atoms with E-state index in [1.807, 2.05) is 30.6 Å². The summed E-state index contributed by atoms with van der Waals surface area (Å²) in [5.74, 6) is 0.916. The van der Waals surface area contributed by atoms with Crippen LogP contribution in [0.1, 0.15) is 36.9 Å². The van der Waals surface area contributed by atoms with E-state index < -0.39 is 0 Å². The molecule has 0 saturated heterocycles. The van der Waals surface area contributed by atoms with Gasteiger partial charge in [-0.15, -0.1) is 11.3 Å². The Labute approximate surface area is 118 Å². The molecule has 0 aliphatic carbocycles. The monoisotopic (exact) mass is 276 g/mol. The number of aromatic nitrogens is 1. The Bertz CT molecular complexity index is 467. The van der Waals surface area contributed by atoms with Crippen molar-refractivity contribution in [2.24, 2.45) is 0 Å². The lowest BCUT2D eigenvalue weighted by Gasteiger charge is -2.17. The molecule has 1 unspecified atom stereocenters. The summed E-state index contributed by atoms with van der Waals surface area (Å²) in [4.78, 5) is 4.43. The van der Waals surface area contributed by atoms with Gasteiger partial charge in [-0.2, -0.15) is 0 Å². The minimum Gasteiger partial charge on any atom is -0.494 e. The SMILES string of the molecule is CCCNC(c1ccc(OCC)cc1)c1nccs1. The number of nitrogens with one attached hydrogen (secondary N) is 1. The molecule has 1 heterocycles. The second-order valence-electron chi connectivity index (χ2n) is 4.26. The number of benzene rings is 1. The van der Waals surface area contributed by atoms with Gasteiger partial charge in [-0.05, 0) is 37.6 Å². The highest BCUT2D eigenvalue weighted by atomic mass is 32.1. The molecular formula is C15H20N2OS. The van der Waals surface area contributed by atoms with Crippen molar-refractivity contribution in [3.8, 4) is 5.75 Å². The maximum absolute atomic E-state index is 5.48. The van der Waals surface area contributed by atoms with E-state index in [2.05, 4.69) is 29.4 Å². The first-order valence-electron chi connectivity index (χ1n) is 6.70. The van der Waals surface area contributed by atoms with Gasteiger partial charge in [-0.25, -0.2) is 4.98 Å². The molecular weight excluding hydrogens is 256 g/mol. The fourth-order valence-electron chi connectivity index (χ4n) is 1.94. The molecule has 2 aromatic rings. The first-order chi connectivity index (χ1) is 9.35. The van der Waals surface area contributed by atoms with Crippen molar-refractivity contribution in [2.75, 3.05) is 13.2 Å². The lowest BCUT2D eigenvalue weighted by molar-refractivity contribution is 0.340. The minimum atomic E-state index is 0.177. The summed E-state index contributed by atoms with van der Waals surface area (Å²) in [6, 6.07) is 8.44. The molecule has 4 heteroatoms. The van der Waals surface area contributed by atoms with Gasteiger partial charge >= 0.3 is 0 Å². The van der Waals surface area contributed by atoms with Crippen molar-refractivity contribution >= 4 is 11.3 Å². The molecule has 1 N–H and O–H groups in total. The second kappa shape index (κ2) is 7.26. The second-order valence-corrected chi connectivity index (χ2v) is 5.19. The van der Waals surface area contributed by atoms with Crippen LogP contribution in [0.2, 0.25) is 0 Å². The van der Waals surface area contributed by atoms with Gasteiger partial charge in [0.1, 0.15) is 10.8 Å².